The Morgan fingerprint density at radius 1 is 1.38 bits per heavy atom. The topological polar surface area (TPSA) is 48.1 Å². The zero-order valence-electron chi connectivity index (χ0n) is 10.2. The smallest absolute Gasteiger partial charge is 0.138 e. The highest BCUT2D eigenvalue weighted by molar-refractivity contribution is 5.49. The molecule has 88 valence electrons. The highest BCUT2D eigenvalue weighted by Crippen LogP contribution is 2.14. The first kappa shape index (κ1) is 12.7. The summed E-state index contributed by atoms with van der Waals surface area (Å²) in [6, 6.07) is 2.17. The van der Waals surface area contributed by atoms with Gasteiger partial charge in [0.15, 0.2) is 0 Å². The van der Waals surface area contributed by atoms with Gasteiger partial charge in [-0.15, -0.1) is 0 Å². The molecule has 16 heavy (non-hydrogen) atoms. The fraction of sp³-hybridized carbons (Fsp3) is 0.462. The SMILES string of the molecule is CC(C)Oc1cncc(C=CC[C@@H](C)N)c1. The summed E-state index contributed by atoms with van der Waals surface area (Å²) in [6.07, 6.45) is 8.65. The molecule has 2 N–H and O–H groups in total. The van der Waals surface area contributed by atoms with E-state index in [-0.39, 0.29) is 12.1 Å². The maximum absolute atomic E-state index is 5.66. The van der Waals surface area contributed by atoms with Crippen molar-refractivity contribution in [1.82, 2.24) is 4.98 Å². The zero-order valence-corrected chi connectivity index (χ0v) is 10.2. The van der Waals surface area contributed by atoms with Crippen molar-refractivity contribution in [3.63, 3.8) is 0 Å². The Labute approximate surface area is 97.3 Å². The van der Waals surface area contributed by atoms with Crippen LogP contribution in [0.2, 0.25) is 0 Å². The van der Waals surface area contributed by atoms with Gasteiger partial charge in [0.25, 0.3) is 0 Å². The molecule has 1 aromatic heterocycles. The summed E-state index contributed by atoms with van der Waals surface area (Å²) < 4.78 is 5.56. The minimum atomic E-state index is 0.171. The lowest BCUT2D eigenvalue weighted by atomic mass is 10.2. The monoisotopic (exact) mass is 220 g/mol. The molecule has 0 unspecified atom stereocenters. The standard InChI is InChI=1S/C13H20N2O/c1-10(2)16-13-7-12(8-15-9-13)6-4-5-11(3)14/h4,6-11H,5,14H2,1-3H3/t11-/m1/s1. The van der Waals surface area contributed by atoms with E-state index in [1.165, 1.54) is 0 Å². The van der Waals surface area contributed by atoms with Crippen molar-refractivity contribution in [1.29, 1.82) is 0 Å². The Kier molecular flexibility index (Phi) is 4.99. The Balaban J connectivity index is 2.63. The fourth-order valence-electron chi connectivity index (χ4n) is 1.28. The number of ether oxygens (including phenoxy) is 1. The van der Waals surface area contributed by atoms with Gasteiger partial charge >= 0.3 is 0 Å². The lowest BCUT2D eigenvalue weighted by Gasteiger charge is -2.09. The van der Waals surface area contributed by atoms with Crippen LogP contribution in [-0.4, -0.2) is 17.1 Å². The second kappa shape index (κ2) is 6.28. The van der Waals surface area contributed by atoms with Gasteiger partial charge in [0.1, 0.15) is 5.75 Å². The third-order valence-corrected chi connectivity index (χ3v) is 1.92. The molecule has 0 radical (unpaired) electrons. The first-order valence-electron chi connectivity index (χ1n) is 5.61. The molecule has 0 aliphatic carbocycles. The van der Waals surface area contributed by atoms with Crippen molar-refractivity contribution in [2.75, 3.05) is 0 Å². The molecule has 0 bridgehead atoms. The van der Waals surface area contributed by atoms with Crippen molar-refractivity contribution in [2.45, 2.75) is 39.3 Å². The van der Waals surface area contributed by atoms with Crippen LogP contribution in [0, 0.1) is 0 Å². The predicted molar refractivity (Wildman–Crippen MR) is 67.3 cm³/mol. The first-order chi connectivity index (χ1) is 7.58. The third-order valence-electron chi connectivity index (χ3n) is 1.92. The van der Waals surface area contributed by atoms with Gasteiger partial charge in [-0.05, 0) is 38.8 Å². The van der Waals surface area contributed by atoms with Gasteiger partial charge in [0.05, 0.1) is 12.3 Å². The van der Waals surface area contributed by atoms with Crippen molar-refractivity contribution >= 4 is 6.08 Å². The van der Waals surface area contributed by atoms with Crippen molar-refractivity contribution < 1.29 is 4.74 Å². The van der Waals surface area contributed by atoms with E-state index in [1.54, 1.807) is 6.20 Å². The molecule has 1 rings (SSSR count). The van der Waals surface area contributed by atoms with E-state index < -0.39 is 0 Å². The molecule has 0 aliphatic heterocycles. The summed E-state index contributed by atoms with van der Waals surface area (Å²) in [5, 5.41) is 0. The molecule has 3 nitrogen and oxygen atoms in total. The highest BCUT2D eigenvalue weighted by Gasteiger charge is 1.98. The van der Waals surface area contributed by atoms with Crippen LogP contribution in [0.15, 0.2) is 24.5 Å². The second-order valence-corrected chi connectivity index (χ2v) is 4.24. The fourth-order valence-corrected chi connectivity index (χ4v) is 1.28. The van der Waals surface area contributed by atoms with E-state index in [4.69, 9.17) is 10.5 Å². The lowest BCUT2D eigenvalue weighted by molar-refractivity contribution is 0.241. The molecule has 0 saturated heterocycles. The number of hydrogen-bond acceptors (Lipinski definition) is 3. The number of hydrogen-bond donors (Lipinski definition) is 1. The number of pyridine rings is 1. The van der Waals surface area contributed by atoms with E-state index in [9.17, 15) is 0 Å². The average molecular weight is 220 g/mol. The number of nitrogens with zero attached hydrogens (tertiary/aromatic N) is 1. The third kappa shape index (κ3) is 4.94. The summed E-state index contributed by atoms with van der Waals surface area (Å²) in [5.74, 6) is 0.804. The molecule has 0 amide bonds. The van der Waals surface area contributed by atoms with Gasteiger partial charge in [0.2, 0.25) is 0 Å². The number of aromatic nitrogens is 1. The molecule has 1 atom stereocenters. The summed E-state index contributed by atoms with van der Waals surface area (Å²) in [5.41, 5.74) is 6.70. The largest absolute Gasteiger partial charge is 0.489 e. The summed E-state index contributed by atoms with van der Waals surface area (Å²) in [7, 11) is 0. The minimum Gasteiger partial charge on any atom is -0.489 e. The van der Waals surface area contributed by atoms with Gasteiger partial charge in [-0.25, -0.2) is 0 Å². The van der Waals surface area contributed by atoms with Crippen molar-refractivity contribution in [2.24, 2.45) is 5.73 Å². The van der Waals surface area contributed by atoms with E-state index in [2.05, 4.69) is 11.1 Å². The molecule has 0 spiro atoms. The quantitative estimate of drug-likeness (QED) is 0.829. The van der Waals surface area contributed by atoms with Gasteiger partial charge in [-0.2, -0.15) is 0 Å². The Hall–Kier alpha value is -1.35. The number of rotatable bonds is 5. The maximum atomic E-state index is 5.66. The Morgan fingerprint density at radius 2 is 2.12 bits per heavy atom. The lowest BCUT2D eigenvalue weighted by Crippen LogP contribution is -2.12. The Bertz CT molecular complexity index is 346. The van der Waals surface area contributed by atoms with Crippen LogP contribution < -0.4 is 10.5 Å². The van der Waals surface area contributed by atoms with Crippen molar-refractivity contribution in [3.8, 4) is 5.75 Å². The van der Waals surface area contributed by atoms with Crippen LogP contribution in [-0.2, 0) is 0 Å². The average Bonchev–Trinajstić information content (AvgIpc) is 2.16. The molecular weight excluding hydrogens is 200 g/mol. The summed E-state index contributed by atoms with van der Waals surface area (Å²) in [4.78, 5) is 4.13. The van der Waals surface area contributed by atoms with Crippen molar-refractivity contribution in [3.05, 3.63) is 30.1 Å². The zero-order chi connectivity index (χ0) is 12.0. The van der Waals surface area contributed by atoms with E-state index >= 15 is 0 Å². The molecule has 1 aromatic rings. The van der Waals surface area contributed by atoms with E-state index in [0.29, 0.717) is 0 Å². The maximum Gasteiger partial charge on any atom is 0.138 e. The van der Waals surface area contributed by atoms with Crippen LogP contribution in [0.25, 0.3) is 6.08 Å². The van der Waals surface area contributed by atoms with Gasteiger partial charge in [-0.3, -0.25) is 4.98 Å². The van der Waals surface area contributed by atoms with E-state index in [1.807, 2.05) is 39.1 Å². The highest BCUT2D eigenvalue weighted by atomic mass is 16.5. The van der Waals surface area contributed by atoms with Crippen LogP contribution in [0.4, 0.5) is 0 Å². The van der Waals surface area contributed by atoms with Gasteiger partial charge in [0, 0.05) is 12.2 Å². The molecule has 0 saturated carbocycles. The van der Waals surface area contributed by atoms with Crippen LogP contribution in [0.5, 0.6) is 5.75 Å². The normalized spacial score (nSPS) is 13.3. The van der Waals surface area contributed by atoms with Crippen LogP contribution >= 0.6 is 0 Å². The van der Waals surface area contributed by atoms with E-state index in [0.717, 1.165) is 17.7 Å². The molecular formula is C13H20N2O. The molecule has 1 heterocycles. The molecule has 0 fully saturated rings. The van der Waals surface area contributed by atoms with Crippen LogP contribution in [0.1, 0.15) is 32.8 Å². The molecule has 3 heteroatoms. The predicted octanol–water partition coefficient (Wildman–Crippen LogP) is 2.62. The van der Waals surface area contributed by atoms with Crippen LogP contribution in [0.3, 0.4) is 0 Å². The number of nitrogens with two attached hydrogens (primary N) is 1. The second-order valence-electron chi connectivity index (χ2n) is 4.24. The molecule has 0 aliphatic rings. The molecule has 0 aromatic carbocycles. The Morgan fingerprint density at radius 3 is 2.75 bits per heavy atom. The summed E-state index contributed by atoms with van der Waals surface area (Å²) >= 11 is 0. The van der Waals surface area contributed by atoms with Gasteiger partial charge < -0.3 is 10.5 Å². The summed E-state index contributed by atoms with van der Waals surface area (Å²) in [6.45, 7) is 5.98. The minimum absolute atomic E-state index is 0.171. The van der Waals surface area contributed by atoms with Gasteiger partial charge in [-0.1, -0.05) is 12.2 Å². The first-order valence-corrected chi connectivity index (χ1v) is 5.61.